The first-order valence-electron chi connectivity index (χ1n) is 17.0. The van der Waals surface area contributed by atoms with Crippen molar-refractivity contribution in [3.63, 3.8) is 0 Å². The van der Waals surface area contributed by atoms with E-state index in [4.69, 9.17) is 4.74 Å². The molecule has 0 aliphatic heterocycles. The highest BCUT2D eigenvalue weighted by atomic mass is 16.5. The van der Waals surface area contributed by atoms with Gasteiger partial charge in [-0.25, -0.2) is 0 Å². The summed E-state index contributed by atoms with van der Waals surface area (Å²) in [5, 5.41) is 6.12. The summed E-state index contributed by atoms with van der Waals surface area (Å²) in [5.41, 5.74) is 1.08. The lowest BCUT2D eigenvalue weighted by molar-refractivity contribution is 0.0937. The van der Waals surface area contributed by atoms with Crippen molar-refractivity contribution in [2.45, 2.75) is 156 Å². The predicted octanol–water partition coefficient (Wildman–Crippen LogP) is 9.78. The Labute approximate surface area is 247 Å². The van der Waals surface area contributed by atoms with Gasteiger partial charge in [0.15, 0.2) is 0 Å². The number of carbonyl (C=O) groups excluding carboxylic acids is 2. The van der Waals surface area contributed by atoms with Gasteiger partial charge in [0.2, 0.25) is 0 Å². The number of unbranched alkanes of at least 4 members (excludes halogenated alkanes) is 18. The van der Waals surface area contributed by atoms with Gasteiger partial charge in [-0.1, -0.05) is 136 Å². The second-order valence-electron chi connectivity index (χ2n) is 11.4. The van der Waals surface area contributed by atoms with E-state index in [1.807, 2.05) is 0 Å². The molecule has 0 saturated heterocycles. The molecule has 0 aromatic heterocycles. The largest absolute Gasteiger partial charge is 0.493 e. The SMILES string of the molecule is CCCCCCCCCCNC(=O)c1ccc(C(=O)NCCCCCCCCCC)c(OCCCCCCC)c1. The molecule has 0 aliphatic rings. The molecule has 0 atom stereocenters. The fourth-order valence-corrected chi connectivity index (χ4v) is 4.98. The van der Waals surface area contributed by atoms with E-state index in [-0.39, 0.29) is 11.8 Å². The first kappa shape index (κ1) is 36.0. The van der Waals surface area contributed by atoms with Crippen LogP contribution in [-0.4, -0.2) is 31.5 Å². The van der Waals surface area contributed by atoms with Gasteiger partial charge in [-0.3, -0.25) is 9.59 Å². The molecule has 0 heterocycles. The molecule has 0 unspecified atom stereocenters. The molecule has 5 nitrogen and oxygen atoms in total. The van der Waals surface area contributed by atoms with Gasteiger partial charge in [-0.05, 0) is 37.5 Å². The maximum atomic E-state index is 13.0. The van der Waals surface area contributed by atoms with Crippen LogP contribution in [-0.2, 0) is 0 Å². The molecule has 1 aromatic carbocycles. The number of ether oxygens (including phenoxy) is 1. The normalized spacial score (nSPS) is 11.0. The molecule has 2 N–H and O–H groups in total. The monoisotopic (exact) mass is 558 g/mol. The van der Waals surface area contributed by atoms with Crippen molar-refractivity contribution in [3.8, 4) is 5.75 Å². The van der Waals surface area contributed by atoms with E-state index in [1.54, 1.807) is 18.2 Å². The highest BCUT2D eigenvalue weighted by molar-refractivity contribution is 6.00. The van der Waals surface area contributed by atoms with Crippen LogP contribution in [0.15, 0.2) is 18.2 Å². The van der Waals surface area contributed by atoms with Gasteiger partial charge in [-0.2, -0.15) is 0 Å². The maximum absolute atomic E-state index is 13.0. The molecule has 40 heavy (non-hydrogen) atoms. The molecule has 230 valence electrons. The fraction of sp³-hybridized carbons (Fsp3) is 0.771. The number of amides is 2. The number of benzene rings is 1. The van der Waals surface area contributed by atoms with E-state index in [0.717, 1.165) is 38.5 Å². The summed E-state index contributed by atoms with van der Waals surface area (Å²) in [6.45, 7) is 8.61. The number of hydrogen-bond acceptors (Lipinski definition) is 3. The van der Waals surface area contributed by atoms with Crippen LogP contribution < -0.4 is 15.4 Å². The smallest absolute Gasteiger partial charge is 0.255 e. The molecule has 0 bridgehead atoms. The quantitative estimate of drug-likeness (QED) is 0.106. The van der Waals surface area contributed by atoms with E-state index in [9.17, 15) is 9.59 Å². The Balaban J connectivity index is 2.54. The van der Waals surface area contributed by atoms with Gasteiger partial charge in [-0.15, -0.1) is 0 Å². The second-order valence-corrected chi connectivity index (χ2v) is 11.4. The summed E-state index contributed by atoms with van der Waals surface area (Å²) in [4.78, 5) is 25.8. The van der Waals surface area contributed by atoms with Crippen LogP contribution in [0.2, 0.25) is 0 Å². The van der Waals surface area contributed by atoms with E-state index in [1.165, 1.54) is 96.3 Å². The third-order valence-electron chi connectivity index (χ3n) is 7.63. The molecule has 5 heteroatoms. The topological polar surface area (TPSA) is 67.4 Å². The molecule has 0 fully saturated rings. The zero-order valence-corrected chi connectivity index (χ0v) is 26.4. The Morgan fingerprint density at radius 1 is 0.550 bits per heavy atom. The Morgan fingerprint density at radius 2 is 0.975 bits per heavy atom. The summed E-state index contributed by atoms with van der Waals surface area (Å²) < 4.78 is 6.08. The molecule has 0 spiro atoms. The van der Waals surface area contributed by atoms with Crippen LogP contribution in [0.25, 0.3) is 0 Å². The van der Waals surface area contributed by atoms with Crippen LogP contribution in [0.1, 0.15) is 176 Å². The zero-order chi connectivity index (χ0) is 29.1. The molecule has 0 aliphatic carbocycles. The summed E-state index contributed by atoms with van der Waals surface area (Å²) in [7, 11) is 0. The Kier molecular flexibility index (Phi) is 23.3. The van der Waals surface area contributed by atoms with Crippen molar-refractivity contribution in [1.82, 2.24) is 10.6 Å². The van der Waals surface area contributed by atoms with Gasteiger partial charge in [0.25, 0.3) is 11.8 Å². The number of nitrogens with one attached hydrogen (secondary N) is 2. The first-order valence-corrected chi connectivity index (χ1v) is 17.0. The average molecular weight is 559 g/mol. The Bertz CT molecular complexity index is 765. The minimum Gasteiger partial charge on any atom is -0.493 e. The molecule has 0 saturated carbocycles. The van der Waals surface area contributed by atoms with Crippen LogP contribution in [0.4, 0.5) is 0 Å². The van der Waals surface area contributed by atoms with E-state index < -0.39 is 0 Å². The van der Waals surface area contributed by atoms with E-state index in [0.29, 0.717) is 36.6 Å². The van der Waals surface area contributed by atoms with Crippen molar-refractivity contribution in [3.05, 3.63) is 29.3 Å². The minimum absolute atomic E-state index is 0.0957. The predicted molar refractivity (Wildman–Crippen MR) is 171 cm³/mol. The Morgan fingerprint density at radius 3 is 1.48 bits per heavy atom. The van der Waals surface area contributed by atoms with E-state index in [2.05, 4.69) is 31.4 Å². The third kappa shape index (κ3) is 18.3. The van der Waals surface area contributed by atoms with E-state index >= 15 is 0 Å². The fourth-order valence-electron chi connectivity index (χ4n) is 4.98. The van der Waals surface area contributed by atoms with Crippen LogP contribution >= 0.6 is 0 Å². The van der Waals surface area contributed by atoms with Gasteiger partial charge in [0.1, 0.15) is 5.75 Å². The Hall–Kier alpha value is -2.04. The van der Waals surface area contributed by atoms with Crippen molar-refractivity contribution in [2.24, 2.45) is 0 Å². The minimum atomic E-state index is -0.116. The summed E-state index contributed by atoms with van der Waals surface area (Å²) in [6.07, 6.45) is 25.6. The lowest BCUT2D eigenvalue weighted by atomic mass is 10.1. The molecule has 2 amide bonds. The first-order chi connectivity index (χ1) is 19.6. The average Bonchev–Trinajstić information content (AvgIpc) is 2.97. The number of rotatable bonds is 27. The summed E-state index contributed by atoms with van der Waals surface area (Å²) in [6, 6.07) is 5.25. The van der Waals surface area contributed by atoms with Gasteiger partial charge in [0, 0.05) is 18.7 Å². The van der Waals surface area contributed by atoms with Crippen molar-refractivity contribution in [2.75, 3.05) is 19.7 Å². The lowest BCUT2D eigenvalue weighted by Gasteiger charge is -2.14. The van der Waals surface area contributed by atoms with Crippen LogP contribution in [0, 0.1) is 0 Å². The molecular formula is C35H62N2O3. The number of carbonyl (C=O) groups is 2. The molecular weight excluding hydrogens is 496 g/mol. The van der Waals surface area contributed by atoms with Crippen LogP contribution in [0.3, 0.4) is 0 Å². The highest BCUT2D eigenvalue weighted by Crippen LogP contribution is 2.22. The third-order valence-corrected chi connectivity index (χ3v) is 7.63. The van der Waals surface area contributed by atoms with Gasteiger partial charge in [0.05, 0.1) is 12.2 Å². The maximum Gasteiger partial charge on any atom is 0.255 e. The zero-order valence-electron chi connectivity index (χ0n) is 26.4. The summed E-state index contributed by atoms with van der Waals surface area (Å²) in [5.74, 6) is 0.306. The van der Waals surface area contributed by atoms with Crippen molar-refractivity contribution >= 4 is 11.8 Å². The van der Waals surface area contributed by atoms with Crippen molar-refractivity contribution < 1.29 is 14.3 Å². The number of hydrogen-bond donors (Lipinski definition) is 2. The molecule has 0 radical (unpaired) electrons. The van der Waals surface area contributed by atoms with Gasteiger partial charge < -0.3 is 15.4 Å². The molecule has 1 aromatic rings. The van der Waals surface area contributed by atoms with Crippen molar-refractivity contribution in [1.29, 1.82) is 0 Å². The molecule has 1 rings (SSSR count). The standard InChI is InChI=1S/C35H62N2O3/c1-4-7-10-13-15-17-19-22-27-36-34(38)31-25-26-32(33(30-31)40-29-24-21-12-9-6-3)35(39)37-28-23-20-18-16-14-11-8-5-2/h25-26,30H,4-24,27-29H2,1-3H3,(H,36,38)(H,37,39). The summed E-state index contributed by atoms with van der Waals surface area (Å²) >= 11 is 0. The highest BCUT2D eigenvalue weighted by Gasteiger charge is 2.16. The van der Waals surface area contributed by atoms with Gasteiger partial charge >= 0.3 is 0 Å². The second kappa shape index (κ2) is 25.9. The van der Waals surface area contributed by atoms with Crippen LogP contribution in [0.5, 0.6) is 5.75 Å². The lowest BCUT2D eigenvalue weighted by Crippen LogP contribution is -2.26.